The third kappa shape index (κ3) is 2.63. The molecule has 2 aromatic heterocycles. The zero-order chi connectivity index (χ0) is 15.0. The Hall–Kier alpha value is -1.94. The molecule has 1 aromatic carbocycles. The van der Waals surface area contributed by atoms with E-state index in [4.69, 9.17) is 0 Å². The van der Waals surface area contributed by atoms with Gasteiger partial charge in [-0.15, -0.1) is 11.3 Å². The van der Waals surface area contributed by atoms with E-state index in [1.165, 1.54) is 16.0 Å². The molecule has 1 N–H and O–H groups in total. The van der Waals surface area contributed by atoms with Gasteiger partial charge < -0.3 is 5.32 Å². The van der Waals surface area contributed by atoms with Crippen molar-refractivity contribution in [3.05, 3.63) is 46.1 Å². The van der Waals surface area contributed by atoms with Crippen LogP contribution in [0.5, 0.6) is 0 Å². The Morgan fingerprint density at radius 3 is 2.71 bits per heavy atom. The van der Waals surface area contributed by atoms with Crippen molar-refractivity contribution < 1.29 is 0 Å². The van der Waals surface area contributed by atoms with Gasteiger partial charge in [-0.05, 0) is 50.5 Å². The van der Waals surface area contributed by atoms with E-state index in [9.17, 15) is 0 Å². The predicted octanol–water partition coefficient (Wildman–Crippen LogP) is 4.92. The topological polar surface area (TPSA) is 37.8 Å². The van der Waals surface area contributed by atoms with Gasteiger partial charge in [0, 0.05) is 10.6 Å². The lowest BCUT2D eigenvalue weighted by Crippen LogP contribution is -1.99. The Morgan fingerprint density at radius 1 is 1.14 bits per heavy atom. The molecule has 0 fully saturated rings. The molecule has 3 rings (SSSR count). The van der Waals surface area contributed by atoms with Gasteiger partial charge in [0.05, 0.1) is 5.39 Å². The SMILES string of the molecule is CCc1cc2c(Nc3cccc(C)c3C)nc(C)nc2s1. The number of hydrogen-bond donors (Lipinski definition) is 1. The number of thiophene rings is 1. The summed E-state index contributed by atoms with van der Waals surface area (Å²) in [6.45, 7) is 8.37. The van der Waals surface area contributed by atoms with Gasteiger partial charge in [-0.3, -0.25) is 0 Å². The Morgan fingerprint density at radius 2 is 1.95 bits per heavy atom. The van der Waals surface area contributed by atoms with E-state index >= 15 is 0 Å². The first-order valence-electron chi connectivity index (χ1n) is 7.18. The van der Waals surface area contributed by atoms with Gasteiger partial charge in [-0.1, -0.05) is 19.1 Å². The molecule has 2 heterocycles. The highest BCUT2D eigenvalue weighted by Gasteiger charge is 2.11. The second-order valence-electron chi connectivity index (χ2n) is 5.28. The van der Waals surface area contributed by atoms with Gasteiger partial charge in [0.1, 0.15) is 16.5 Å². The summed E-state index contributed by atoms with van der Waals surface area (Å²) < 4.78 is 0. The molecule has 0 radical (unpaired) electrons. The molecule has 21 heavy (non-hydrogen) atoms. The lowest BCUT2D eigenvalue weighted by molar-refractivity contribution is 1.10. The van der Waals surface area contributed by atoms with Crippen LogP contribution < -0.4 is 5.32 Å². The zero-order valence-electron chi connectivity index (χ0n) is 12.8. The maximum Gasteiger partial charge on any atom is 0.142 e. The first kappa shape index (κ1) is 14.0. The van der Waals surface area contributed by atoms with Crippen LogP contribution in [0, 0.1) is 20.8 Å². The van der Waals surface area contributed by atoms with Crippen molar-refractivity contribution in [1.82, 2.24) is 9.97 Å². The van der Waals surface area contributed by atoms with E-state index in [1.807, 2.05) is 6.92 Å². The lowest BCUT2D eigenvalue weighted by Gasteiger charge is -2.11. The molecule has 4 heteroatoms. The Kier molecular flexibility index (Phi) is 3.64. The van der Waals surface area contributed by atoms with Gasteiger partial charge in [0.25, 0.3) is 0 Å². The molecule has 0 bridgehead atoms. The van der Waals surface area contributed by atoms with Crippen LogP contribution in [0.3, 0.4) is 0 Å². The molecule has 0 amide bonds. The van der Waals surface area contributed by atoms with Crippen molar-refractivity contribution in [2.75, 3.05) is 5.32 Å². The third-order valence-corrected chi connectivity index (χ3v) is 4.94. The Labute approximate surface area is 129 Å². The zero-order valence-corrected chi connectivity index (χ0v) is 13.6. The summed E-state index contributed by atoms with van der Waals surface area (Å²) in [6.07, 6.45) is 1.03. The number of fused-ring (bicyclic) bond motifs is 1. The highest BCUT2D eigenvalue weighted by atomic mass is 32.1. The van der Waals surface area contributed by atoms with Crippen LogP contribution in [-0.4, -0.2) is 9.97 Å². The van der Waals surface area contributed by atoms with Crippen molar-refractivity contribution in [1.29, 1.82) is 0 Å². The highest BCUT2D eigenvalue weighted by molar-refractivity contribution is 7.18. The molecular formula is C17H19N3S. The van der Waals surface area contributed by atoms with Gasteiger partial charge in [0.2, 0.25) is 0 Å². The van der Waals surface area contributed by atoms with Crippen molar-refractivity contribution in [2.45, 2.75) is 34.1 Å². The maximum absolute atomic E-state index is 4.60. The normalized spacial score (nSPS) is 11.0. The van der Waals surface area contributed by atoms with Crippen molar-refractivity contribution in [3.8, 4) is 0 Å². The van der Waals surface area contributed by atoms with Crippen molar-refractivity contribution in [2.24, 2.45) is 0 Å². The van der Waals surface area contributed by atoms with Crippen LogP contribution >= 0.6 is 11.3 Å². The molecule has 0 aliphatic rings. The average molecular weight is 297 g/mol. The van der Waals surface area contributed by atoms with Crippen LogP contribution in [0.4, 0.5) is 11.5 Å². The molecule has 0 atom stereocenters. The first-order valence-corrected chi connectivity index (χ1v) is 8.00. The highest BCUT2D eigenvalue weighted by Crippen LogP contribution is 2.32. The average Bonchev–Trinajstić information content (AvgIpc) is 2.87. The molecule has 3 aromatic rings. The molecule has 108 valence electrons. The first-order chi connectivity index (χ1) is 10.1. The van der Waals surface area contributed by atoms with Crippen LogP contribution in [-0.2, 0) is 6.42 Å². The minimum atomic E-state index is 0.805. The fourth-order valence-electron chi connectivity index (χ4n) is 2.36. The molecule has 3 nitrogen and oxygen atoms in total. The Balaban J connectivity index is 2.11. The standard InChI is InChI=1S/C17H19N3S/c1-5-13-9-14-16(18-12(4)19-17(14)21-13)20-15-8-6-7-10(2)11(15)3/h6-9H,5H2,1-4H3,(H,18,19,20). The smallest absolute Gasteiger partial charge is 0.142 e. The summed E-state index contributed by atoms with van der Waals surface area (Å²) in [5.41, 5.74) is 3.65. The van der Waals surface area contributed by atoms with E-state index in [2.05, 4.69) is 60.3 Å². The van der Waals surface area contributed by atoms with Crippen LogP contribution in [0.15, 0.2) is 24.3 Å². The summed E-state index contributed by atoms with van der Waals surface area (Å²) in [4.78, 5) is 11.6. The van der Waals surface area contributed by atoms with E-state index in [0.29, 0.717) is 0 Å². The number of aryl methyl sites for hydroxylation is 3. The largest absolute Gasteiger partial charge is 0.339 e. The number of rotatable bonds is 3. The van der Waals surface area contributed by atoms with Crippen LogP contribution in [0.2, 0.25) is 0 Å². The van der Waals surface area contributed by atoms with E-state index in [-0.39, 0.29) is 0 Å². The molecule has 0 saturated heterocycles. The second kappa shape index (κ2) is 5.45. The molecule has 0 unspecified atom stereocenters. The quantitative estimate of drug-likeness (QED) is 0.745. The van der Waals surface area contributed by atoms with E-state index in [1.54, 1.807) is 11.3 Å². The predicted molar refractivity (Wildman–Crippen MR) is 90.7 cm³/mol. The number of benzene rings is 1. The fraction of sp³-hybridized carbons (Fsp3) is 0.294. The molecule has 0 aliphatic heterocycles. The minimum absolute atomic E-state index is 0.805. The van der Waals surface area contributed by atoms with Crippen molar-refractivity contribution in [3.63, 3.8) is 0 Å². The summed E-state index contributed by atoms with van der Waals surface area (Å²) in [6, 6.07) is 8.49. The number of anilines is 2. The summed E-state index contributed by atoms with van der Waals surface area (Å²) in [5, 5.41) is 4.60. The number of aromatic nitrogens is 2. The van der Waals surface area contributed by atoms with Crippen molar-refractivity contribution >= 4 is 33.1 Å². The van der Waals surface area contributed by atoms with E-state index < -0.39 is 0 Å². The number of hydrogen-bond acceptors (Lipinski definition) is 4. The van der Waals surface area contributed by atoms with Gasteiger partial charge >= 0.3 is 0 Å². The number of nitrogens with zero attached hydrogens (tertiary/aromatic N) is 2. The van der Waals surface area contributed by atoms with E-state index in [0.717, 1.165) is 34.0 Å². The van der Waals surface area contributed by atoms with Gasteiger partial charge in [-0.2, -0.15) is 0 Å². The number of nitrogens with one attached hydrogen (secondary N) is 1. The maximum atomic E-state index is 4.60. The fourth-order valence-corrected chi connectivity index (χ4v) is 3.37. The third-order valence-electron chi connectivity index (χ3n) is 3.76. The Bertz CT molecular complexity index is 805. The summed E-state index contributed by atoms with van der Waals surface area (Å²) in [7, 11) is 0. The molecule has 0 spiro atoms. The van der Waals surface area contributed by atoms with Crippen LogP contribution in [0.25, 0.3) is 10.2 Å². The lowest BCUT2D eigenvalue weighted by atomic mass is 10.1. The van der Waals surface area contributed by atoms with Crippen LogP contribution in [0.1, 0.15) is 28.8 Å². The van der Waals surface area contributed by atoms with Gasteiger partial charge in [-0.25, -0.2) is 9.97 Å². The summed E-state index contributed by atoms with van der Waals surface area (Å²) >= 11 is 1.75. The summed E-state index contributed by atoms with van der Waals surface area (Å²) in [5.74, 6) is 1.71. The molecule has 0 saturated carbocycles. The minimum Gasteiger partial charge on any atom is -0.339 e. The monoisotopic (exact) mass is 297 g/mol. The second-order valence-corrected chi connectivity index (χ2v) is 6.39. The molecular weight excluding hydrogens is 278 g/mol. The molecule has 0 aliphatic carbocycles. The van der Waals surface area contributed by atoms with Gasteiger partial charge in [0.15, 0.2) is 0 Å².